The van der Waals surface area contributed by atoms with Crippen molar-refractivity contribution in [2.24, 2.45) is 0 Å². The number of carbonyl (C=O) groups is 2. The molecule has 0 radical (unpaired) electrons. The molecule has 0 aliphatic carbocycles. The zero-order valence-electron chi connectivity index (χ0n) is 12.3. The lowest BCUT2D eigenvalue weighted by Crippen LogP contribution is -2.55. The molecule has 0 bridgehead atoms. The normalized spacial score (nSPS) is 21.1. The van der Waals surface area contributed by atoms with E-state index < -0.39 is 5.41 Å². The summed E-state index contributed by atoms with van der Waals surface area (Å²) in [6.07, 6.45) is 3.10. The molecule has 1 aromatic rings. The smallest absolute Gasteiger partial charge is 0.298 e. The minimum absolute atomic E-state index is 0.108. The number of rotatable bonds is 2. The van der Waals surface area contributed by atoms with E-state index in [0.29, 0.717) is 25.2 Å². The Bertz CT molecular complexity index is 589. The van der Waals surface area contributed by atoms with E-state index in [4.69, 9.17) is 0 Å². The molecule has 1 saturated heterocycles. The molecule has 1 aliphatic heterocycles. The summed E-state index contributed by atoms with van der Waals surface area (Å²) in [6, 6.07) is 5.52. The number of piperidine rings is 1. The Hall–Kier alpha value is -2.35. The summed E-state index contributed by atoms with van der Waals surface area (Å²) >= 11 is 0. The minimum Gasteiger partial charge on any atom is -0.358 e. The van der Waals surface area contributed by atoms with Crippen LogP contribution in [-0.2, 0) is 15.0 Å². The van der Waals surface area contributed by atoms with Crippen LogP contribution >= 0.6 is 0 Å². The summed E-state index contributed by atoms with van der Waals surface area (Å²) in [6.45, 7) is 2.57. The lowest BCUT2D eigenvalue weighted by molar-refractivity contribution is -0.133. The number of likely N-dealkylation sites (N-methyl/N-ethyl adjacent to an activating group) is 1. The van der Waals surface area contributed by atoms with E-state index in [1.54, 1.807) is 25.1 Å². The van der Waals surface area contributed by atoms with Crippen LogP contribution in [0.3, 0.4) is 0 Å². The molecule has 21 heavy (non-hydrogen) atoms. The van der Waals surface area contributed by atoms with Gasteiger partial charge in [-0.3, -0.25) is 14.6 Å². The van der Waals surface area contributed by atoms with Crippen molar-refractivity contribution in [1.29, 1.82) is 0 Å². The van der Waals surface area contributed by atoms with Gasteiger partial charge in [0.1, 0.15) is 5.41 Å². The fraction of sp³-hybridized carbons (Fsp3) is 0.438. The van der Waals surface area contributed by atoms with Gasteiger partial charge in [0, 0.05) is 26.3 Å². The van der Waals surface area contributed by atoms with E-state index in [0.717, 1.165) is 6.42 Å². The van der Waals surface area contributed by atoms with Gasteiger partial charge in [0.15, 0.2) is 0 Å². The van der Waals surface area contributed by atoms with Gasteiger partial charge in [0.05, 0.1) is 5.69 Å². The SMILES string of the molecule is CC#CC(=O)N1CCCC(C(=O)NC)(c2ccccn2)C1. The van der Waals surface area contributed by atoms with Gasteiger partial charge < -0.3 is 10.2 Å². The molecule has 110 valence electrons. The highest BCUT2D eigenvalue weighted by Gasteiger charge is 2.45. The van der Waals surface area contributed by atoms with Crippen molar-refractivity contribution in [2.75, 3.05) is 20.1 Å². The number of pyridine rings is 1. The maximum atomic E-state index is 12.5. The largest absolute Gasteiger partial charge is 0.358 e. The van der Waals surface area contributed by atoms with Gasteiger partial charge in [0.2, 0.25) is 5.91 Å². The number of nitrogens with zero attached hydrogens (tertiary/aromatic N) is 2. The fourth-order valence-corrected chi connectivity index (χ4v) is 2.81. The molecule has 2 rings (SSSR count). The number of hydrogen-bond donors (Lipinski definition) is 1. The van der Waals surface area contributed by atoms with Crippen molar-refractivity contribution in [3.8, 4) is 11.8 Å². The summed E-state index contributed by atoms with van der Waals surface area (Å²) in [7, 11) is 1.61. The van der Waals surface area contributed by atoms with Gasteiger partial charge in [-0.1, -0.05) is 12.0 Å². The van der Waals surface area contributed by atoms with Gasteiger partial charge in [-0.05, 0) is 37.8 Å². The molecule has 2 heterocycles. The summed E-state index contributed by atoms with van der Waals surface area (Å²) in [5.41, 5.74) is -0.0920. The van der Waals surface area contributed by atoms with E-state index in [1.807, 2.05) is 18.2 Å². The van der Waals surface area contributed by atoms with Crippen LogP contribution in [0.4, 0.5) is 0 Å². The number of amides is 2. The quantitative estimate of drug-likeness (QED) is 0.814. The second-order valence-corrected chi connectivity index (χ2v) is 5.08. The van der Waals surface area contributed by atoms with Gasteiger partial charge in [0.25, 0.3) is 5.91 Å². The third kappa shape index (κ3) is 2.89. The lowest BCUT2D eigenvalue weighted by Gasteiger charge is -2.40. The van der Waals surface area contributed by atoms with E-state index in [2.05, 4.69) is 22.1 Å². The Morgan fingerprint density at radius 2 is 2.24 bits per heavy atom. The zero-order chi connectivity index (χ0) is 15.3. The van der Waals surface area contributed by atoms with Gasteiger partial charge in [-0.25, -0.2) is 0 Å². The molecule has 0 spiro atoms. The Morgan fingerprint density at radius 1 is 1.43 bits per heavy atom. The highest BCUT2D eigenvalue weighted by molar-refractivity contribution is 5.95. The zero-order valence-corrected chi connectivity index (χ0v) is 12.3. The Labute approximate surface area is 124 Å². The highest BCUT2D eigenvalue weighted by atomic mass is 16.2. The van der Waals surface area contributed by atoms with Gasteiger partial charge >= 0.3 is 0 Å². The van der Waals surface area contributed by atoms with Crippen molar-refractivity contribution in [2.45, 2.75) is 25.2 Å². The predicted molar refractivity (Wildman–Crippen MR) is 79.2 cm³/mol. The van der Waals surface area contributed by atoms with E-state index in [-0.39, 0.29) is 11.8 Å². The molecule has 0 saturated carbocycles. The van der Waals surface area contributed by atoms with Crippen LogP contribution in [-0.4, -0.2) is 41.8 Å². The first-order chi connectivity index (χ1) is 10.1. The summed E-state index contributed by atoms with van der Waals surface area (Å²) in [5, 5.41) is 2.71. The maximum Gasteiger partial charge on any atom is 0.298 e. The standard InChI is InChI=1S/C16H19N3O2/c1-3-7-14(20)19-11-6-9-16(12-19,15(21)17-2)13-8-4-5-10-18-13/h4-5,8,10H,6,9,11-12H2,1-2H3,(H,17,21). The van der Waals surface area contributed by atoms with Crippen molar-refractivity contribution in [1.82, 2.24) is 15.2 Å². The third-order valence-corrected chi connectivity index (χ3v) is 3.83. The molecule has 1 unspecified atom stereocenters. The van der Waals surface area contributed by atoms with Crippen molar-refractivity contribution >= 4 is 11.8 Å². The molecule has 5 heteroatoms. The Kier molecular flexibility index (Phi) is 4.59. The number of aromatic nitrogens is 1. The van der Waals surface area contributed by atoms with Gasteiger partial charge in [-0.15, -0.1) is 0 Å². The topological polar surface area (TPSA) is 62.3 Å². The summed E-state index contributed by atoms with van der Waals surface area (Å²) in [4.78, 5) is 30.5. The van der Waals surface area contributed by atoms with E-state index in [1.165, 1.54) is 0 Å². The lowest BCUT2D eigenvalue weighted by atomic mass is 9.75. The first-order valence-corrected chi connectivity index (χ1v) is 6.99. The van der Waals surface area contributed by atoms with Crippen LogP contribution in [0.15, 0.2) is 24.4 Å². The predicted octanol–water partition coefficient (Wildman–Crippen LogP) is 0.711. The Balaban J connectivity index is 2.38. The van der Waals surface area contributed by atoms with Crippen molar-refractivity contribution < 1.29 is 9.59 Å². The van der Waals surface area contributed by atoms with Crippen LogP contribution in [0, 0.1) is 11.8 Å². The third-order valence-electron chi connectivity index (χ3n) is 3.83. The molecule has 1 N–H and O–H groups in total. The van der Waals surface area contributed by atoms with Crippen LogP contribution < -0.4 is 5.32 Å². The molecule has 1 fully saturated rings. The summed E-state index contributed by atoms with van der Waals surface area (Å²) in [5.74, 6) is 4.82. The molecule has 2 amide bonds. The van der Waals surface area contributed by atoms with Crippen LogP contribution in [0.2, 0.25) is 0 Å². The number of carbonyl (C=O) groups excluding carboxylic acids is 2. The van der Waals surface area contributed by atoms with E-state index in [9.17, 15) is 9.59 Å². The average molecular weight is 285 g/mol. The molecule has 1 aliphatic rings. The van der Waals surface area contributed by atoms with Crippen LogP contribution in [0.5, 0.6) is 0 Å². The fourth-order valence-electron chi connectivity index (χ4n) is 2.81. The molecular weight excluding hydrogens is 266 g/mol. The monoisotopic (exact) mass is 285 g/mol. The first kappa shape index (κ1) is 15.0. The number of likely N-dealkylation sites (tertiary alicyclic amines) is 1. The number of hydrogen-bond acceptors (Lipinski definition) is 3. The molecule has 5 nitrogen and oxygen atoms in total. The maximum absolute atomic E-state index is 12.5. The molecule has 1 atom stereocenters. The molecule has 1 aromatic heterocycles. The van der Waals surface area contributed by atoms with E-state index >= 15 is 0 Å². The molecule has 0 aromatic carbocycles. The van der Waals surface area contributed by atoms with Crippen LogP contribution in [0.1, 0.15) is 25.5 Å². The molecular formula is C16H19N3O2. The van der Waals surface area contributed by atoms with Crippen molar-refractivity contribution in [3.63, 3.8) is 0 Å². The highest BCUT2D eigenvalue weighted by Crippen LogP contribution is 2.33. The minimum atomic E-state index is -0.792. The van der Waals surface area contributed by atoms with Crippen LogP contribution in [0.25, 0.3) is 0 Å². The summed E-state index contributed by atoms with van der Waals surface area (Å²) < 4.78 is 0. The van der Waals surface area contributed by atoms with Crippen molar-refractivity contribution in [3.05, 3.63) is 30.1 Å². The van der Waals surface area contributed by atoms with Gasteiger partial charge in [-0.2, -0.15) is 0 Å². The Morgan fingerprint density at radius 3 is 2.86 bits per heavy atom. The average Bonchev–Trinajstić information content (AvgIpc) is 2.55. The number of nitrogens with one attached hydrogen (secondary N) is 1. The second kappa shape index (κ2) is 6.40. The second-order valence-electron chi connectivity index (χ2n) is 5.08. The first-order valence-electron chi connectivity index (χ1n) is 6.99.